The number of nitrogens with one attached hydrogen (secondary N) is 1. The van der Waals surface area contributed by atoms with E-state index in [0.717, 1.165) is 42.3 Å². The molecule has 1 aromatic heterocycles. The Kier molecular flexibility index (Phi) is 5.48. The van der Waals surface area contributed by atoms with E-state index in [9.17, 15) is 0 Å². The van der Waals surface area contributed by atoms with Gasteiger partial charge in [-0.1, -0.05) is 6.42 Å². The predicted octanol–water partition coefficient (Wildman–Crippen LogP) is 4.81. The third-order valence-corrected chi connectivity index (χ3v) is 7.43. The van der Waals surface area contributed by atoms with E-state index in [2.05, 4.69) is 29.3 Å². The van der Waals surface area contributed by atoms with Crippen molar-refractivity contribution in [1.29, 1.82) is 0 Å². The van der Waals surface area contributed by atoms with E-state index >= 15 is 0 Å². The zero-order valence-corrected chi connectivity index (χ0v) is 18.6. The Balaban J connectivity index is 1.41. The van der Waals surface area contributed by atoms with Crippen molar-refractivity contribution in [3.63, 3.8) is 0 Å². The molecular weight excluding hydrogens is 374 g/mol. The van der Waals surface area contributed by atoms with Crippen molar-refractivity contribution in [3.05, 3.63) is 23.3 Å². The van der Waals surface area contributed by atoms with Gasteiger partial charge in [0.25, 0.3) is 0 Å². The van der Waals surface area contributed by atoms with E-state index in [1.807, 2.05) is 0 Å². The maximum atomic E-state index is 6.18. The van der Waals surface area contributed by atoms with Gasteiger partial charge in [0, 0.05) is 24.5 Å². The van der Waals surface area contributed by atoms with Crippen LogP contribution < -0.4 is 14.8 Å². The molecule has 162 valence electrons. The molecule has 2 aliphatic carbocycles. The van der Waals surface area contributed by atoms with Crippen molar-refractivity contribution in [2.75, 3.05) is 45.2 Å². The molecule has 1 spiro atoms. The number of hydrogen-bond acceptors (Lipinski definition) is 5. The molecule has 0 radical (unpaired) electrons. The molecule has 1 aromatic carbocycles. The molecule has 5 rings (SSSR count). The quantitative estimate of drug-likeness (QED) is 0.634. The highest BCUT2D eigenvalue weighted by Gasteiger charge is 2.44. The van der Waals surface area contributed by atoms with Crippen LogP contribution in [0.4, 0.5) is 5.82 Å². The number of rotatable bonds is 8. The fourth-order valence-electron chi connectivity index (χ4n) is 5.67. The number of ether oxygens (including phenoxy) is 2. The number of pyridine rings is 1. The first-order chi connectivity index (χ1) is 14.7. The van der Waals surface area contributed by atoms with Crippen LogP contribution in [-0.2, 0) is 12.8 Å². The zero-order valence-electron chi connectivity index (χ0n) is 18.6. The molecule has 1 aliphatic heterocycles. The molecule has 2 fully saturated rings. The number of methoxy groups -OCH3 is 1. The van der Waals surface area contributed by atoms with Crippen molar-refractivity contribution in [2.24, 2.45) is 5.41 Å². The average Bonchev–Trinajstić information content (AvgIpc) is 3.39. The highest BCUT2D eigenvalue weighted by Crippen LogP contribution is 2.54. The number of anilines is 1. The van der Waals surface area contributed by atoms with Crippen molar-refractivity contribution in [2.45, 2.75) is 58.3 Å². The Morgan fingerprint density at radius 2 is 1.87 bits per heavy atom. The summed E-state index contributed by atoms with van der Waals surface area (Å²) in [6.45, 7) is 7.36. The Bertz CT molecular complexity index is 916. The molecule has 5 nitrogen and oxygen atoms in total. The topological polar surface area (TPSA) is 46.6 Å². The molecule has 0 unspecified atom stereocenters. The minimum atomic E-state index is 0.487. The number of aromatic nitrogens is 1. The summed E-state index contributed by atoms with van der Waals surface area (Å²) in [5.41, 5.74) is 4.43. The minimum absolute atomic E-state index is 0.487. The lowest BCUT2D eigenvalue weighted by Gasteiger charge is -2.38. The standard InChI is InChI=1S/C25H35N3O2/c1-3-26-24-20-17-25(8-6-9-25)16-19(20)18-14-22(29-2)23(15-21(18)27-24)30-13-7-12-28-10-4-5-11-28/h14-15H,3-13,16-17H2,1-2H3,(H,26,27). The van der Waals surface area contributed by atoms with Crippen LogP contribution in [0.15, 0.2) is 12.1 Å². The van der Waals surface area contributed by atoms with E-state index in [-0.39, 0.29) is 0 Å². The van der Waals surface area contributed by atoms with E-state index < -0.39 is 0 Å². The summed E-state index contributed by atoms with van der Waals surface area (Å²) in [4.78, 5) is 7.57. The van der Waals surface area contributed by atoms with E-state index in [1.54, 1.807) is 7.11 Å². The van der Waals surface area contributed by atoms with Gasteiger partial charge < -0.3 is 19.7 Å². The van der Waals surface area contributed by atoms with Crippen LogP contribution in [0.1, 0.15) is 56.6 Å². The lowest BCUT2D eigenvalue weighted by atomic mass is 9.67. The van der Waals surface area contributed by atoms with E-state index in [4.69, 9.17) is 14.5 Å². The number of fused-ring (bicyclic) bond motifs is 3. The molecule has 0 amide bonds. The number of nitrogens with zero attached hydrogens (tertiary/aromatic N) is 2. The van der Waals surface area contributed by atoms with Gasteiger partial charge in [-0.2, -0.15) is 0 Å². The number of hydrogen-bond donors (Lipinski definition) is 1. The second-order valence-corrected chi connectivity index (χ2v) is 9.43. The van der Waals surface area contributed by atoms with Gasteiger partial charge in [-0.15, -0.1) is 0 Å². The third kappa shape index (κ3) is 3.62. The second kappa shape index (κ2) is 8.26. The van der Waals surface area contributed by atoms with Crippen LogP contribution in [0.3, 0.4) is 0 Å². The molecule has 30 heavy (non-hydrogen) atoms. The van der Waals surface area contributed by atoms with Gasteiger partial charge in [0.1, 0.15) is 5.82 Å². The lowest BCUT2D eigenvalue weighted by Crippen LogP contribution is -2.29. The summed E-state index contributed by atoms with van der Waals surface area (Å²) >= 11 is 0. The van der Waals surface area contributed by atoms with Crippen LogP contribution in [0, 0.1) is 5.41 Å². The Morgan fingerprint density at radius 3 is 2.57 bits per heavy atom. The van der Waals surface area contributed by atoms with Gasteiger partial charge in [0.05, 0.1) is 19.2 Å². The predicted molar refractivity (Wildman–Crippen MR) is 122 cm³/mol. The van der Waals surface area contributed by atoms with Crippen molar-refractivity contribution < 1.29 is 9.47 Å². The SMILES string of the molecule is CCNc1nc2cc(OCCCN3CCCC3)c(OC)cc2c2c1CC1(CCC1)C2. The van der Waals surface area contributed by atoms with Crippen LogP contribution in [0.5, 0.6) is 11.5 Å². The summed E-state index contributed by atoms with van der Waals surface area (Å²) in [6.07, 6.45) is 10.1. The molecule has 3 aliphatic rings. The molecule has 5 heteroatoms. The second-order valence-electron chi connectivity index (χ2n) is 9.43. The van der Waals surface area contributed by atoms with E-state index in [1.165, 1.54) is 74.5 Å². The summed E-state index contributed by atoms with van der Waals surface area (Å²) < 4.78 is 11.9. The van der Waals surface area contributed by atoms with Crippen LogP contribution in [-0.4, -0.2) is 49.8 Å². The van der Waals surface area contributed by atoms with Crippen LogP contribution in [0.2, 0.25) is 0 Å². The molecular formula is C25H35N3O2. The summed E-state index contributed by atoms with van der Waals surface area (Å²) in [5.74, 6) is 2.73. The van der Waals surface area contributed by atoms with E-state index in [0.29, 0.717) is 12.0 Å². The fourth-order valence-corrected chi connectivity index (χ4v) is 5.67. The first-order valence-electron chi connectivity index (χ1n) is 11.8. The molecule has 1 N–H and O–H groups in total. The van der Waals surface area contributed by atoms with Gasteiger partial charge in [-0.25, -0.2) is 4.98 Å². The zero-order chi connectivity index (χ0) is 20.6. The minimum Gasteiger partial charge on any atom is -0.493 e. The summed E-state index contributed by atoms with van der Waals surface area (Å²) in [5, 5.41) is 4.78. The molecule has 0 atom stereocenters. The smallest absolute Gasteiger partial charge is 0.163 e. The van der Waals surface area contributed by atoms with Gasteiger partial charge in [0.15, 0.2) is 11.5 Å². The monoisotopic (exact) mass is 409 g/mol. The Hall–Kier alpha value is -2.01. The Labute approximate surface area is 180 Å². The van der Waals surface area contributed by atoms with Crippen LogP contribution >= 0.6 is 0 Å². The first-order valence-corrected chi connectivity index (χ1v) is 11.8. The molecule has 0 bridgehead atoms. The van der Waals surface area contributed by atoms with Crippen molar-refractivity contribution in [3.8, 4) is 11.5 Å². The average molecular weight is 410 g/mol. The van der Waals surface area contributed by atoms with Gasteiger partial charge in [-0.3, -0.25) is 0 Å². The molecule has 2 aromatic rings. The highest BCUT2D eigenvalue weighted by atomic mass is 16.5. The van der Waals surface area contributed by atoms with Crippen molar-refractivity contribution >= 4 is 16.7 Å². The van der Waals surface area contributed by atoms with Gasteiger partial charge >= 0.3 is 0 Å². The van der Waals surface area contributed by atoms with Crippen LogP contribution in [0.25, 0.3) is 10.9 Å². The highest BCUT2D eigenvalue weighted by molar-refractivity contribution is 5.89. The van der Waals surface area contributed by atoms with Gasteiger partial charge in [-0.05, 0) is 87.6 Å². The largest absolute Gasteiger partial charge is 0.493 e. The number of benzene rings is 1. The lowest BCUT2D eigenvalue weighted by molar-refractivity contribution is 0.149. The first kappa shape index (κ1) is 19.9. The third-order valence-electron chi connectivity index (χ3n) is 7.43. The number of likely N-dealkylation sites (tertiary alicyclic amines) is 1. The maximum Gasteiger partial charge on any atom is 0.163 e. The van der Waals surface area contributed by atoms with Gasteiger partial charge in [0.2, 0.25) is 0 Å². The molecule has 1 saturated carbocycles. The summed E-state index contributed by atoms with van der Waals surface area (Å²) in [7, 11) is 1.74. The molecule has 2 heterocycles. The maximum absolute atomic E-state index is 6.18. The fraction of sp³-hybridized carbons (Fsp3) is 0.640. The molecule has 1 saturated heterocycles. The van der Waals surface area contributed by atoms with Crippen molar-refractivity contribution in [1.82, 2.24) is 9.88 Å². The Morgan fingerprint density at radius 1 is 1.07 bits per heavy atom. The summed E-state index contributed by atoms with van der Waals surface area (Å²) in [6, 6.07) is 4.27. The normalized spacial score (nSPS) is 19.8.